The summed E-state index contributed by atoms with van der Waals surface area (Å²) in [5.41, 5.74) is 1.75. The van der Waals surface area contributed by atoms with Crippen LogP contribution in [-0.2, 0) is 4.79 Å². The Morgan fingerprint density at radius 2 is 1.90 bits per heavy atom. The first-order valence-corrected chi connectivity index (χ1v) is 7.39. The highest BCUT2D eigenvalue weighted by Gasteiger charge is 2.21. The first kappa shape index (κ1) is 12.5. The molecule has 0 amide bonds. The highest BCUT2D eigenvalue weighted by Crippen LogP contribution is 2.32. The Bertz CT molecular complexity index is 816. The molecule has 1 aliphatic rings. The fourth-order valence-electron chi connectivity index (χ4n) is 3.06. The van der Waals surface area contributed by atoms with E-state index in [0.29, 0.717) is 18.6 Å². The third-order valence-electron chi connectivity index (χ3n) is 4.09. The van der Waals surface area contributed by atoms with Crippen LogP contribution in [0.4, 0.5) is 0 Å². The van der Waals surface area contributed by atoms with E-state index in [9.17, 15) is 4.79 Å². The minimum atomic E-state index is 0.0156. The quantitative estimate of drug-likeness (QED) is 0.695. The van der Waals surface area contributed by atoms with E-state index in [1.807, 2.05) is 36.4 Å². The first-order chi connectivity index (χ1) is 10.3. The fourth-order valence-corrected chi connectivity index (χ4v) is 3.06. The summed E-state index contributed by atoms with van der Waals surface area (Å²) in [6.07, 6.45) is 3.13. The van der Waals surface area contributed by atoms with Crippen molar-refractivity contribution in [3.63, 3.8) is 0 Å². The van der Waals surface area contributed by atoms with Crippen LogP contribution in [0.25, 0.3) is 21.9 Å². The number of furan rings is 1. The Morgan fingerprint density at radius 1 is 1.05 bits per heavy atom. The number of para-hydroxylation sites is 1. The molecular weight excluding hydrogens is 264 g/mol. The van der Waals surface area contributed by atoms with Gasteiger partial charge >= 0.3 is 0 Å². The van der Waals surface area contributed by atoms with Crippen LogP contribution in [0.15, 0.2) is 46.9 Å². The SMILES string of the molecule is O=C1CCCC(Oc2ccc3oc4ccccc4c3c2)C1. The molecular formula is C18H16O3. The number of Topliss-reactive ketones (excluding diaryl/α,β-unsaturated/α-hetero) is 1. The predicted octanol–water partition coefficient (Wildman–Crippen LogP) is 4.48. The molecule has 0 N–H and O–H groups in total. The van der Waals surface area contributed by atoms with Gasteiger partial charge in [-0.05, 0) is 37.1 Å². The molecule has 4 rings (SSSR count). The van der Waals surface area contributed by atoms with E-state index in [0.717, 1.165) is 40.5 Å². The molecule has 0 aliphatic heterocycles. The lowest BCUT2D eigenvalue weighted by Gasteiger charge is -2.22. The zero-order chi connectivity index (χ0) is 14.2. The van der Waals surface area contributed by atoms with Gasteiger partial charge < -0.3 is 9.15 Å². The summed E-state index contributed by atoms with van der Waals surface area (Å²) in [6, 6.07) is 13.9. The maximum atomic E-state index is 11.5. The van der Waals surface area contributed by atoms with Gasteiger partial charge in [-0.25, -0.2) is 0 Å². The maximum absolute atomic E-state index is 11.5. The maximum Gasteiger partial charge on any atom is 0.136 e. The largest absolute Gasteiger partial charge is 0.490 e. The second kappa shape index (κ2) is 4.92. The van der Waals surface area contributed by atoms with Gasteiger partial charge in [0.05, 0.1) is 0 Å². The number of benzene rings is 2. The molecule has 1 aliphatic carbocycles. The number of ether oxygens (including phenoxy) is 1. The van der Waals surface area contributed by atoms with Crippen molar-refractivity contribution in [1.29, 1.82) is 0 Å². The normalized spacial score (nSPS) is 19.2. The summed E-state index contributed by atoms with van der Waals surface area (Å²) in [6.45, 7) is 0. The molecule has 1 aromatic heterocycles. The van der Waals surface area contributed by atoms with Crippen molar-refractivity contribution in [3.05, 3.63) is 42.5 Å². The van der Waals surface area contributed by atoms with Crippen molar-refractivity contribution in [2.75, 3.05) is 0 Å². The lowest BCUT2D eigenvalue weighted by Crippen LogP contribution is -2.25. The van der Waals surface area contributed by atoms with Gasteiger partial charge in [-0.15, -0.1) is 0 Å². The van der Waals surface area contributed by atoms with Crippen molar-refractivity contribution in [2.45, 2.75) is 31.8 Å². The highest BCUT2D eigenvalue weighted by molar-refractivity contribution is 6.05. The smallest absolute Gasteiger partial charge is 0.136 e. The average Bonchev–Trinajstić information content (AvgIpc) is 2.85. The lowest BCUT2D eigenvalue weighted by atomic mass is 9.96. The topological polar surface area (TPSA) is 39.4 Å². The van der Waals surface area contributed by atoms with E-state index >= 15 is 0 Å². The van der Waals surface area contributed by atoms with E-state index in [-0.39, 0.29) is 6.10 Å². The van der Waals surface area contributed by atoms with Crippen LogP contribution >= 0.6 is 0 Å². The monoisotopic (exact) mass is 280 g/mol. The molecule has 21 heavy (non-hydrogen) atoms. The van der Waals surface area contributed by atoms with E-state index < -0.39 is 0 Å². The third kappa shape index (κ3) is 2.29. The van der Waals surface area contributed by atoms with Crippen molar-refractivity contribution >= 4 is 27.7 Å². The Morgan fingerprint density at radius 3 is 2.81 bits per heavy atom. The van der Waals surface area contributed by atoms with Gasteiger partial charge in [-0.3, -0.25) is 4.79 Å². The Labute approximate surface area is 122 Å². The molecule has 1 saturated carbocycles. The van der Waals surface area contributed by atoms with Gasteiger partial charge in [0.25, 0.3) is 0 Å². The summed E-state index contributed by atoms with van der Waals surface area (Å²) in [4.78, 5) is 11.5. The molecule has 0 saturated heterocycles. The highest BCUT2D eigenvalue weighted by atomic mass is 16.5. The molecule has 1 heterocycles. The number of hydrogen-bond donors (Lipinski definition) is 0. The molecule has 0 radical (unpaired) electrons. The molecule has 106 valence electrons. The van der Waals surface area contributed by atoms with Gasteiger partial charge in [0.15, 0.2) is 0 Å². The number of carbonyl (C=O) groups excluding carboxylic acids is 1. The van der Waals surface area contributed by atoms with Crippen LogP contribution in [0.3, 0.4) is 0 Å². The van der Waals surface area contributed by atoms with Crippen molar-refractivity contribution < 1.29 is 13.9 Å². The minimum absolute atomic E-state index is 0.0156. The van der Waals surface area contributed by atoms with E-state index in [1.54, 1.807) is 0 Å². The minimum Gasteiger partial charge on any atom is -0.490 e. The number of rotatable bonds is 2. The van der Waals surface area contributed by atoms with Crippen molar-refractivity contribution in [1.82, 2.24) is 0 Å². The summed E-state index contributed by atoms with van der Waals surface area (Å²) < 4.78 is 11.8. The van der Waals surface area contributed by atoms with Crippen LogP contribution in [0.5, 0.6) is 5.75 Å². The third-order valence-corrected chi connectivity index (χ3v) is 4.09. The number of ketones is 1. The van der Waals surface area contributed by atoms with Crippen LogP contribution < -0.4 is 4.74 Å². The Balaban J connectivity index is 1.69. The zero-order valence-electron chi connectivity index (χ0n) is 11.7. The first-order valence-electron chi connectivity index (χ1n) is 7.39. The summed E-state index contributed by atoms with van der Waals surface area (Å²) in [5, 5.41) is 2.16. The van der Waals surface area contributed by atoms with Crippen molar-refractivity contribution in [2.24, 2.45) is 0 Å². The van der Waals surface area contributed by atoms with Crippen molar-refractivity contribution in [3.8, 4) is 5.75 Å². The van der Waals surface area contributed by atoms with Gasteiger partial charge in [0, 0.05) is 23.6 Å². The van der Waals surface area contributed by atoms with Gasteiger partial charge in [-0.1, -0.05) is 18.2 Å². The summed E-state index contributed by atoms with van der Waals surface area (Å²) >= 11 is 0. The average molecular weight is 280 g/mol. The summed E-state index contributed by atoms with van der Waals surface area (Å²) in [5.74, 6) is 1.12. The molecule has 3 nitrogen and oxygen atoms in total. The van der Waals surface area contributed by atoms with Crippen LogP contribution in [0.1, 0.15) is 25.7 Å². The Hall–Kier alpha value is -2.29. The second-order valence-electron chi connectivity index (χ2n) is 5.63. The van der Waals surface area contributed by atoms with Gasteiger partial charge in [-0.2, -0.15) is 0 Å². The van der Waals surface area contributed by atoms with Crippen LogP contribution in [-0.4, -0.2) is 11.9 Å². The van der Waals surface area contributed by atoms with Gasteiger partial charge in [0.1, 0.15) is 28.8 Å². The molecule has 2 aromatic carbocycles. The number of hydrogen-bond acceptors (Lipinski definition) is 3. The van der Waals surface area contributed by atoms with Crippen LogP contribution in [0.2, 0.25) is 0 Å². The predicted molar refractivity (Wildman–Crippen MR) is 81.6 cm³/mol. The molecule has 1 unspecified atom stereocenters. The van der Waals surface area contributed by atoms with Crippen LogP contribution in [0, 0.1) is 0 Å². The van der Waals surface area contributed by atoms with E-state index in [4.69, 9.17) is 9.15 Å². The van der Waals surface area contributed by atoms with E-state index in [2.05, 4.69) is 6.07 Å². The van der Waals surface area contributed by atoms with Gasteiger partial charge in [0.2, 0.25) is 0 Å². The molecule has 0 spiro atoms. The fraction of sp³-hybridized carbons (Fsp3) is 0.278. The Kier molecular flexibility index (Phi) is 2.92. The molecule has 1 fully saturated rings. The molecule has 1 atom stereocenters. The summed E-state index contributed by atoms with van der Waals surface area (Å²) in [7, 11) is 0. The van der Waals surface area contributed by atoms with E-state index in [1.165, 1.54) is 0 Å². The molecule has 0 bridgehead atoms. The lowest BCUT2D eigenvalue weighted by molar-refractivity contribution is -0.122. The molecule has 3 aromatic rings. The number of carbonyl (C=O) groups is 1. The number of fused-ring (bicyclic) bond motifs is 3. The second-order valence-corrected chi connectivity index (χ2v) is 5.63. The molecule has 3 heteroatoms. The standard InChI is InChI=1S/C18H16O3/c19-12-4-3-5-13(10-12)20-14-8-9-18-16(11-14)15-6-1-2-7-17(15)21-18/h1-2,6-9,11,13H,3-5,10H2. The zero-order valence-corrected chi connectivity index (χ0v) is 11.7.